The summed E-state index contributed by atoms with van der Waals surface area (Å²) in [5.41, 5.74) is 1.46. The molecule has 0 heterocycles. The third-order valence-corrected chi connectivity index (χ3v) is 3.85. The lowest BCUT2D eigenvalue weighted by Crippen LogP contribution is -2.03. The Kier molecular flexibility index (Phi) is 4.21. The lowest BCUT2D eigenvalue weighted by Gasteiger charge is -2.13. The molecule has 1 N–H and O–H groups in total. The molecule has 0 fully saturated rings. The van der Waals surface area contributed by atoms with Gasteiger partial charge in [0.1, 0.15) is 0 Å². The number of rotatable bonds is 4. The summed E-state index contributed by atoms with van der Waals surface area (Å²) in [6.07, 6.45) is 1.04. The summed E-state index contributed by atoms with van der Waals surface area (Å²) < 4.78 is 0. The summed E-state index contributed by atoms with van der Waals surface area (Å²) >= 11 is 1.64. The maximum absolute atomic E-state index is 11.0. The second-order valence-electron chi connectivity index (χ2n) is 3.59. The van der Waals surface area contributed by atoms with Crippen LogP contribution in [0.15, 0.2) is 23.1 Å². The largest absolute Gasteiger partial charge is 0.478 e. The van der Waals surface area contributed by atoms with E-state index in [-0.39, 0.29) is 0 Å². The van der Waals surface area contributed by atoms with Gasteiger partial charge in [-0.2, -0.15) is 0 Å². The molecule has 0 saturated heterocycles. The molecular weight excluding hydrogens is 208 g/mol. The second-order valence-corrected chi connectivity index (χ2v) is 5.04. The SMILES string of the molecule is CCC(C)Sc1c(C)cccc1C(=O)O. The third-order valence-electron chi connectivity index (χ3n) is 2.34. The zero-order valence-corrected chi connectivity index (χ0v) is 10.1. The van der Waals surface area contributed by atoms with Gasteiger partial charge < -0.3 is 5.11 Å². The van der Waals surface area contributed by atoms with Crippen molar-refractivity contribution in [2.24, 2.45) is 0 Å². The molecule has 0 saturated carbocycles. The predicted octanol–water partition coefficient (Wildman–Crippen LogP) is 3.58. The van der Waals surface area contributed by atoms with E-state index in [0.29, 0.717) is 10.8 Å². The minimum absolute atomic E-state index is 0.417. The van der Waals surface area contributed by atoms with Crippen molar-refractivity contribution in [3.8, 4) is 0 Å². The predicted molar refractivity (Wildman–Crippen MR) is 63.7 cm³/mol. The van der Waals surface area contributed by atoms with Crippen LogP contribution in [0.25, 0.3) is 0 Å². The Bertz CT molecular complexity index is 361. The van der Waals surface area contributed by atoms with Gasteiger partial charge in [0, 0.05) is 10.1 Å². The van der Waals surface area contributed by atoms with Gasteiger partial charge in [0.25, 0.3) is 0 Å². The Labute approximate surface area is 94.7 Å². The van der Waals surface area contributed by atoms with E-state index < -0.39 is 5.97 Å². The van der Waals surface area contributed by atoms with Crippen LogP contribution in [-0.4, -0.2) is 16.3 Å². The zero-order valence-electron chi connectivity index (χ0n) is 9.28. The summed E-state index contributed by atoms with van der Waals surface area (Å²) in [7, 11) is 0. The minimum Gasteiger partial charge on any atom is -0.478 e. The molecule has 0 spiro atoms. The molecule has 0 aliphatic heterocycles. The van der Waals surface area contributed by atoms with Gasteiger partial charge in [-0.1, -0.05) is 26.0 Å². The van der Waals surface area contributed by atoms with E-state index in [1.54, 1.807) is 23.9 Å². The molecule has 1 atom stereocenters. The van der Waals surface area contributed by atoms with Crippen molar-refractivity contribution < 1.29 is 9.90 Å². The number of aryl methyl sites for hydroxylation is 1. The maximum Gasteiger partial charge on any atom is 0.336 e. The van der Waals surface area contributed by atoms with E-state index in [2.05, 4.69) is 13.8 Å². The number of thioether (sulfide) groups is 1. The van der Waals surface area contributed by atoms with Crippen LogP contribution < -0.4 is 0 Å². The van der Waals surface area contributed by atoms with Crippen molar-refractivity contribution in [2.75, 3.05) is 0 Å². The molecule has 1 rings (SSSR count). The van der Waals surface area contributed by atoms with Crippen molar-refractivity contribution in [1.29, 1.82) is 0 Å². The Morgan fingerprint density at radius 1 is 1.53 bits per heavy atom. The molecule has 1 aromatic rings. The number of aromatic carboxylic acids is 1. The van der Waals surface area contributed by atoms with Gasteiger partial charge in [-0.15, -0.1) is 11.8 Å². The maximum atomic E-state index is 11.0. The van der Waals surface area contributed by atoms with Crippen LogP contribution in [0.2, 0.25) is 0 Å². The van der Waals surface area contributed by atoms with Gasteiger partial charge in [-0.25, -0.2) is 4.79 Å². The quantitative estimate of drug-likeness (QED) is 0.794. The first-order chi connectivity index (χ1) is 7.06. The van der Waals surface area contributed by atoms with Gasteiger partial charge in [0.05, 0.1) is 5.56 Å². The van der Waals surface area contributed by atoms with Crippen LogP contribution >= 0.6 is 11.8 Å². The number of hydrogen-bond donors (Lipinski definition) is 1. The van der Waals surface area contributed by atoms with Crippen molar-refractivity contribution in [3.63, 3.8) is 0 Å². The number of carboxylic acids is 1. The Morgan fingerprint density at radius 2 is 2.20 bits per heavy atom. The van der Waals surface area contributed by atoms with Crippen molar-refractivity contribution in [2.45, 2.75) is 37.3 Å². The van der Waals surface area contributed by atoms with Crippen LogP contribution in [-0.2, 0) is 0 Å². The lowest BCUT2D eigenvalue weighted by atomic mass is 10.1. The molecule has 1 unspecified atom stereocenters. The standard InChI is InChI=1S/C12H16O2S/c1-4-9(3)15-11-8(2)6-5-7-10(11)12(13)14/h5-7,9H,4H2,1-3H3,(H,13,14). The summed E-state index contributed by atoms with van der Waals surface area (Å²) in [6.45, 7) is 6.18. The van der Waals surface area contributed by atoms with Crippen LogP contribution in [0, 0.1) is 6.92 Å². The van der Waals surface area contributed by atoms with Gasteiger partial charge in [0.15, 0.2) is 0 Å². The molecule has 15 heavy (non-hydrogen) atoms. The molecule has 82 valence electrons. The number of carboxylic acid groups (broad SMARTS) is 1. The molecule has 0 amide bonds. The fourth-order valence-corrected chi connectivity index (χ4v) is 2.37. The number of hydrogen-bond acceptors (Lipinski definition) is 2. The fraction of sp³-hybridized carbons (Fsp3) is 0.417. The van der Waals surface area contributed by atoms with Crippen molar-refractivity contribution in [1.82, 2.24) is 0 Å². The van der Waals surface area contributed by atoms with Crippen molar-refractivity contribution >= 4 is 17.7 Å². The molecule has 1 aromatic carbocycles. The number of carbonyl (C=O) groups is 1. The molecular formula is C12H16O2S. The normalized spacial score (nSPS) is 12.5. The molecule has 0 aliphatic carbocycles. The third kappa shape index (κ3) is 2.99. The van der Waals surface area contributed by atoms with Gasteiger partial charge in [-0.3, -0.25) is 0 Å². The average Bonchev–Trinajstić information content (AvgIpc) is 2.20. The van der Waals surface area contributed by atoms with E-state index >= 15 is 0 Å². The lowest BCUT2D eigenvalue weighted by molar-refractivity contribution is 0.0693. The Balaban J connectivity index is 3.07. The minimum atomic E-state index is -0.843. The molecule has 2 nitrogen and oxygen atoms in total. The highest BCUT2D eigenvalue weighted by atomic mass is 32.2. The average molecular weight is 224 g/mol. The fourth-order valence-electron chi connectivity index (χ4n) is 1.26. The molecule has 0 aliphatic rings. The first-order valence-corrected chi connectivity index (χ1v) is 5.93. The highest BCUT2D eigenvalue weighted by Crippen LogP contribution is 2.31. The van der Waals surface area contributed by atoms with E-state index in [0.717, 1.165) is 16.9 Å². The van der Waals surface area contributed by atoms with Gasteiger partial charge in [0.2, 0.25) is 0 Å². The van der Waals surface area contributed by atoms with Gasteiger partial charge >= 0.3 is 5.97 Å². The van der Waals surface area contributed by atoms with Gasteiger partial charge in [-0.05, 0) is 25.0 Å². The Hall–Kier alpha value is -0.960. The highest BCUT2D eigenvalue weighted by Gasteiger charge is 2.14. The van der Waals surface area contributed by atoms with Crippen LogP contribution in [0.4, 0.5) is 0 Å². The summed E-state index contributed by atoms with van der Waals surface area (Å²) in [5, 5.41) is 9.51. The van der Waals surface area contributed by atoms with Crippen LogP contribution in [0.5, 0.6) is 0 Å². The van der Waals surface area contributed by atoms with Crippen LogP contribution in [0.1, 0.15) is 36.2 Å². The first-order valence-electron chi connectivity index (χ1n) is 5.05. The molecule has 0 aromatic heterocycles. The highest BCUT2D eigenvalue weighted by molar-refractivity contribution is 8.00. The zero-order chi connectivity index (χ0) is 11.4. The molecule has 0 radical (unpaired) electrons. The monoisotopic (exact) mass is 224 g/mol. The van der Waals surface area contributed by atoms with Crippen LogP contribution in [0.3, 0.4) is 0 Å². The molecule has 0 bridgehead atoms. The topological polar surface area (TPSA) is 37.3 Å². The summed E-state index contributed by atoms with van der Waals surface area (Å²) in [4.78, 5) is 11.9. The van der Waals surface area contributed by atoms with E-state index in [1.807, 2.05) is 13.0 Å². The Morgan fingerprint density at radius 3 is 2.73 bits per heavy atom. The first kappa shape index (κ1) is 12.1. The molecule has 3 heteroatoms. The van der Waals surface area contributed by atoms with E-state index in [1.165, 1.54) is 0 Å². The summed E-state index contributed by atoms with van der Waals surface area (Å²) in [5.74, 6) is -0.843. The van der Waals surface area contributed by atoms with E-state index in [4.69, 9.17) is 5.11 Å². The van der Waals surface area contributed by atoms with E-state index in [9.17, 15) is 4.79 Å². The second kappa shape index (κ2) is 5.21. The smallest absolute Gasteiger partial charge is 0.336 e. The van der Waals surface area contributed by atoms with Crippen molar-refractivity contribution in [3.05, 3.63) is 29.3 Å². The number of benzene rings is 1. The summed E-state index contributed by atoms with van der Waals surface area (Å²) in [6, 6.07) is 5.41.